The first-order chi connectivity index (χ1) is 19.8. The SMILES string of the molecule is CN(C)C/C=C/C=O.Nc1ccc(C(=O)Nc2cccc(Nc3ncc(Cl)c(-c4c[nH]c5ccccc45)n3)c2)cc1. The van der Waals surface area contributed by atoms with E-state index in [0.717, 1.165) is 35.0 Å². The van der Waals surface area contributed by atoms with Crippen LogP contribution >= 0.6 is 11.6 Å². The largest absolute Gasteiger partial charge is 0.399 e. The number of hydrogen-bond acceptors (Lipinski definition) is 7. The lowest BCUT2D eigenvalue weighted by atomic mass is 10.1. The Labute approximate surface area is 243 Å². The van der Waals surface area contributed by atoms with Gasteiger partial charge in [-0.1, -0.05) is 41.9 Å². The van der Waals surface area contributed by atoms with Gasteiger partial charge < -0.3 is 26.3 Å². The van der Waals surface area contributed by atoms with Crippen LogP contribution in [-0.4, -0.2) is 52.7 Å². The van der Waals surface area contributed by atoms with Crippen molar-refractivity contribution in [3.8, 4) is 11.3 Å². The Morgan fingerprint density at radius 2 is 1.80 bits per heavy atom. The van der Waals surface area contributed by atoms with E-state index in [1.807, 2.05) is 67.7 Å². The zero-order valence-corrected chi connectivity index (χ0v) is 23.4. The fourth-order valence-electron chi connectivity index (χ4n) is 3.85. The van der Waals surface area contributed by atoms with Crippen LogP contribution in [0.2, 0.25) is 5.02 Å². The molecule has 0 spiro atoms. The van der Waals surface area contributed by atoms with Gasteiger partial charge in [0.05, 0.1) is 16.9 Å². The standard InChI is InChI=1S/C25H19ClN6O.C6H11NO/c26-21-14-29-25(32-23(21)20-13-28-22-7-2-1-6-19(20)22)31-18-5-3-4-17(12-18)30-24(33)15-8-10-16(27)11-9-15;1-7(2)5-3-4-6-8/h1-14,28H,27H2,(H,30,33)(H,29,31,32);3-4,6H,5H2,1-2H3/b;4-3+. The number of aromatic nitrogens is 3. The van der Waals surface area contributed by atoms with Crippen molar-refractivity contribution in [2.75, 3.05) is 37.0 Å². The molecule has 0 bridgehead atoms. The van der Waals surface area contributed by atoms with Gasteiger partial charge >= 0.3 is 0 Å². The topological polar surface area (TPSA) is 129 Å². The molecule has 10 heteroatoms. The molecular formula is C31H30ClN7O2. The number of nitrogens with two attached hydrogens (primary N) is 1. The number of nitrogens with zero attached hydrogens (tertiary/aromatic N) is 3. The zero-order valence-electron chi connectivity index (χ0n) is 22.6. The quantitative estimate of drug-likeness (QED) is 0.100. The third-order valence-corrected chi connectivity index (χ3v) is 6.10. The van der Waals surface area contributed by atoms with Gasteiger partial charge in [0.25, 0.3) is 5.91 Å². The van der Waals surface area contributed by atoms with Gasteiger partial charge in [-0.05, 0) is 68.7 Å². The maximum Gasteiger partial charge on any atom is 0.255 e. The molecule has 5 aromatic rings. The van der Waals surface area contributed by atoms with E-state index in [1.54, 1.807) is 42.6 Å². The van der Waals surface area contributed by atoms with E-state index in [0.29, 0.717) is 33.6 Å². The number of carbonyl (C=O) groups is 2. The fraction of sp³-hybridized carbons (Fsp3) is 0.0968. The van der Waals surface area contributed by atoms with Gasteiger partial charge in [-0.25, -0.2) is 9.97 Å². The molecule has 2 aromatic heterocycles. The average Bonchev–Trinajstić information content (AvgIpc) is 3.39. The molecule has 5 N–H and O–H groups in total. The summed E-state index contributed by atoms with van der Waals surface area (Å²) in [5.74, 6) is 0.165. The highest BCUT2D eigenvalue weighted by atomic mass is 35.5. The molecule has 0 aliphatic carbocycles. The minimum Gasteiger partial charge on any atom is -0.399 e. The van der Waals surface area contributed by atoms with Crippen LogP contribution in [-0.2, 0) is 4.79 Å². The van der Waals surface area contributed by atoms with E-state index in [1.165, 1.54) is 6.08 Å². The van der Waals surface area contributed by atoms with Crippen molar-refractivity contribution in [1.82, 2.24) is 19.9 Å². The first-order valence-corrected chi connectivity index (χ1v) is 13.1. The van der Waals surface area contributed by atoms with Crippen molar-refractivity contribution in [1.29, 1.82) is 0 Å². The van der Waals surface area contributed by atoms with Gasteiger partial charge in [-0.2, -0.15) is 0 Å². The van der Waals surface area contributed by atoms with E-state index in [9.17, 15) is 9.59 Å². The van der Waals surface area contributed by atoms with Gasteiger partial charge in [0.1, 0.15) is 6.29 Å². The first-order valence-electron chi connectivity index (χ1n) is 12.7. The third kappa shape index (κ3) is 8.01. The van der Waals surface area contributed by atoms with Crippen LogP contribution in [0, 0.1) is 0 Å². The van der Waals surface area contributed by atoms with Gasteiger partial charge in [0.15, 0.2) is 0 Å². The van der Waals surface area contributed by atoms with Crippen LogP contribution in [0.3, 0.4) is 0 Å². The smallest absolute Gasteiger partial charge is 0.255 e. The number of H-pyrrole nitrogens is 1. The average molecular weight is 568 g/mol. The van der Waals surface area contributed by atoms with E-state index < -0.39 is 0 Å². The second kappa shape index (κ2) is 13.9. The molecule has 3 aromatic carbocycles. The third-order valence-electron chi connectivity index (χ3n) is 5.82. The minimum atomic E-state index is -0.225. The summed E-state index contributed by atoms with van der Waals surface area (Å²) in [6, 6.07) is 22.0. The maximum absolute atomic E-state index is 12.5. The molecule has 5 rings (SSSR count). The second-order valence-electron chi connectivity index (χ2n) is 9.25. The Balaban J connectivity index is 0.000000426. The first kappa shape index (κ1) is 29.0. The lowest BCUT2D eigenvalue weighted by Gasteiger charge is -2.10. The lowest BCUT2D eigenvalue weighted by Crippen LogP contribution is -2.12. The van der Waals surface area contributed by atoms with Crippen LogP contribution in [0.4, 0.5) is 23.0 Å². The number of likely N-dealkylation sites (N-methyl/N-ethyl adjacent to an activating group) is 1. The Bertz CT molecular complexity index is 1660. The summed E-state index contributed by atoms with van der Waals surface area (Å²) in [5, 5.41) is 7.54. The van der Waals surface area contributed by atoms with Crippen LogP contribution < -0.4 is 16.4 Å². The molecule has 0 radical (unpaired) electrons. The molecule has 9 nitrogen and oxygen atoms in total. The highest BCUT2D eigenvalue weighted by Gasteiger charge is 2.13. The number of hydrogen-bond donors (Lipinski definition) is 4. The van der Waals surface area contributed by atoms with E-state index in [-0.39, 0.29) is 5.91 Å². The number of nitrogen functional groups attached to an aromatic ring is 1. The monoisotopic (exact) mass is 567 g/mol. The lowest BCUT2D eigenvalue weighted by molar-refractivity contribution is -0.104. The Kier molecular flexibility index (Phi) is 9.82. The number of halogens is 1. The van der Waals surface area contributed by atoms with E-state index in [2.05, 4.69) is 25.6 Å². The molecule has 0 fully saturated rings. The number of amides is 1. The summed E-state index contributed by atoms with van der Waals surface area (Å²) in [4.78, 5) is 36.3. The summed E-state index contributed by atoms with van der Waals surface area (Å²) in [6.45, 7) is 0.832. The van der Waals surface area contributed by atoms with Crippen molar-refractivity contribution in [2.24, 2.45) is 0 Å². The number of nitrogens with one attached hydrogen (secondary N) is 3. The Hall–Kier alpha value is -4.99. The fourth-order valence-corrected chi connectivity index (χ4v) is 4.05. The van der Waals surface area contributed by atoms with Crippen LogP contribution in [0.15, 0.2) is 97.3 Å². The number of aromatic amines is 1. The summed E-state index contributed by atoms with van der Waals surface area (Å²) in [5.41, 5.74) is 10.7. The predicted octanol–water partition coefficient (Wildman–Crippen LogP) is 6.16. The number of anilines is 4. The number of carbonyl (C=O) groups excluding carboxylic acids is 2. The molecule has 208 valence electrons. The van der Waals surface area contributed by atoms with Gasteiger partial charge in [0.2, 0.25) is 5.95 Å². The van der Waals surface area contributed by atoms with Gasteiger partial charge in [-0.3, -0.25) is 9.59 Å². The zero-order chi connectivity index (χ0) is 29.2. The van der Waals surface area contributed by atoms with Gasteiger partial charge in [0, 0.05) is 51.8 Å². The molecule has 0 aliphatic rings. The molecule has 0 saturated heterocycles. The summed E-state index contributed by atoms with van der Waals surface area (Å²) < 4.78 is 0. The number of rotatable bonds is 8. The summed E-state index contributed by atoms with van der Waals surface area (Å²) >= 11 is 6.42. The van der Waals surface area contributed by atoms with Gasteiger partial charge in [-0.15, -0.1) is 0 Å². The maximum atomic E-state index is 12.5. The second-order valence-corrected chi connectivity index (χ2v) is 9.65. The number of allylic oxidation sites excluding steroid dienone is 1. The van der Waals surface area contributed by atoms with Crippen molar-refractivity contribution < 1.29 is 9.59 Å². The molecule has 41 heavy (non-hydrogen) atoms. The van der Waals surface area contributed by atoms with E-state index in [4.69, 9.17) is 17.3 Å². The molecular weight excluding hydrogens is 538 g/mol. The Morgan fingerprint density at radius 3 is 2.56 bits per heavy atom. The molecule has 0 unspecified atom stereocenters. The minimum absolute atomic E-state index is 0.225. The van der Waals surface area contributed by atoms with Crippen molar-refractivity contribution in [2.45, 2.75) is 0 Å². The van der Waals surface area contributed by atoms with Crippen LogP contribution in [0.25, 0.3) is 22.2 Å². The molecule has 2 heterocycles. The highest BCUT2D eigenvalue weighted by Crippen LogP contribution is 2.32. The van der Waals surface area contributed by atoms with Crippen molar-refractivity contribution in [3.63, 3.8) is 0 Å². The number of aldehydes is 1. The number of para-hydroxylation sites is 1. The summed E-state index contributed by atoms with van der Waals surface area (Å²) in [7, 11) is 3.91. The molecule has 0 atom stereocenters. The number of benzene rings is 3. The van der Waals surface area contributed by atoms with Crippen LogP contribution in [0.1, 0.15) is 10.4 Å². The highest BCUT2D eigenvalue weighted by molar-refractivity contribution is 6.33. The van der Waals surface area contributed by atoms with Crippen LogP contribution in [0.5, 0.6) is 0 Å². The number of fused-ring (bicyclic) bond motifs is 1. The normalized spacial score (nSPS) is 10.8. The summed E-state index contributed by atoms with van der Waals surface area (Å²) in [6.07, 6.45) is 7.55. The predicted molar refractivity (Wildman–Crippen MR) is 167 cm³/mol. The Morgan fingerprint density at radius 1 is 1.05 bits per heavy atom. The molecule has 1 amide bonds. The van der Waals surface area contributed by atoms with Crippen molar-refractivity contribution in [3.05, 3.63) is 108 Å². The van der Waals surface area contributed by atoms with Crippen molar-refractivity contribution >= 4 is 57.7 Å². The molecule has 0 saturated carbocycles. The molecule has 0 aliphatic heterocycles. The van der Waals surface area contributed by atoms with E-state index >= 15 is 0 Å².